The lowest BCUT2D eigenvalue weighted by Crippen LogP contribution is -2.12. The van der Waals surface area contributed by atoms with E-state index in [-0.39, 0.29) is 11.7 Å². The van der Waals surface area contributed by atoms with Crippen molar-refractivity contribution < 1.29 is 13.9 Å². The van der Waals surface area contributed by atoms with Gasteiger partial charge in [0.05, 0.1) is 12.8 Å². The number of hydrogen-bond acceptors (Lipinski definition) is 2. The average molecular weight is 324 g/mol. The second-order valence-electron chi connectivity index (χ2n) is 3.81. The highest BCUT2D eigenvalue weighted by molar-refractivity contribution is 9.10. The van der Waals surface area contributed by atoms with Gasteiger partial charge in [-0.15, -0.1) is 0 Å². The van der Waals surface area contributed by atoms with E-state index in [0.29, 0.717) is 21.5 Å². The predicted octanol–water partition coefficient (Wildman–Crippen LogP) is 3.85. The highest BCUT2D eigenvalue weighted by Crippen LogP contribution is 2.23. The Bertz CT molecular complexity index is 599. The molecular formula is C14H11BrFNO2. The summed E-state index contributed by atoms with van der Waals surface area (Å²) in [6, 6.07) is 10.8. The summed E-state index contributed by atoms with van der Waals surface area (Å²) in [6.45, 7) is 0. The van der Waals surface area contributed by atoms with Gasteiger partial charge in [0.2, 0.25) is 0 Å². The number of amides is 1. The number of anilines is 1. The molecule has 2 rings (SSSR count). The number of rotatable bonds is 3. The van der Waals surface area contributed by atoms with Gasteiger partial charge in [0.1, 0.15) is 11.6 Å². The number of carbonyl (C=O) groups excluding carboxylic acids is 1. The maximum atomic E-state index is 12.9. The van der Waals surface area contributed by atoms with Gasteiger partial charge in [0.25, 0.3) is 5.91 Å². The van der Waals surface area contributed by atoms with Gasteiger partial charge < -0.3 is 10.1 Å². The van der Waals surface area contributed by atoms with Crippen LogP contribution in [0.5, 0.6) is 5.75 Å². The fourth-order valence-electron chi connectivity index (χ4n) is 1.53. The lowest BCUT2D eigenvalue weighted by molar-refractivity contribution is 0.102. The van der Waals surface area contributed by atoms with E-state index >= 15 is 0 Å². The summed E-state index contributed by atoms with van der Waals surface area (Å²) in [5.41, 5.74) is 1.01. The molecule has 0 aromatic heterocycles. The van der Waals surface area contributed by atoms with Crippen LogP contribution in [0.4, 0.5) is 10.1 Å². The summed E-state index contributed by atoms with van der Waals surface area (Å²) >= 11 is 3.20. The van der Waals surface area contributed by atoms with Crippen molar-refractivity contribution in [1.82, 2.24) is 0 Å². The second-order valence-corrected chi connectivity index (χ2v) is 4.66. The molecule has 5 heteroatoms. The quantitative estimate of drug-likeness (QED) is 0.931. The first-order valence-corrected chi connectivity index (χ1v) is 6.30. The second kappa shape index (κ2) is 5.84. The highest BCUT2D eigenvalue weighted by atomic mass is 79.9. The smallest absolute Gasteiger partial charge is 0.255 e. The van der Waals surface area contributed by atoms with Crippen LogP contribution in [0, 0.1) is 5.82 Å². The Kier molecular flexibility index (Phi) is 4.16. The molecule has 0 spiro atoms. The molecule has 0 saturated carbocycles. The van der Waals surface area contributed by atoms with Crippen molar-refractivity contribution in [2.75, 3.05) is 12.4 Å². The molecular weight excluding hydrogens is 313 g/mol. The minimum atomic E-state index is -0.366. The van der Waals surface area contributed by atoms with Crippen molar-refractivity contribution >= 4 is 27.5 Å². The normalized spacial score (nSPS) is 10.1. The molecule has 0 aliphatic carbocycles. The van der Waals surface area contributed by atoms with Crippen LogP contribution in [0.3, 0.4) is 0 Å². The maximum Gasteiger partial charge on any atom is 0.255 e. The van der Waals surface area contributed by atoms with Crippen LogP contribution in [-0.2, 0) is 0 Å². The van der Waals surface area contributed by atoms with Crippen LogP contribution in [0.25, 0.3) is 0 Å². The van der Waals surface area contributed by atoms with E-state index in [2.05, 4.69) is 21.2 Å². The summed E-state index contributed by atoms with van der Waals surface area (Å²) in [5, 5.41) is 2.70. The molecule has 1 amide bonds. The molecule has 0 atom stereocenters. The number of carbonyl (C=O) groups is 1. The lowest BCUT2D eigenvalue weighted by atomic mass is 10.2. The zero-order valence-electron chi connectivity index (χ0n) is 10.1. The van der Waals surface area contributed by atoms with Crippen molar-refractivity contribution in [2.45, 2.75) is 0 Å². The fraction of sp³-hybridized carbons (Fsp3) is 0.0714. The molecule has 0 heterocycles. The molecule has 19 heavy (non-hydrogen) atoms. The SMILES string of the molecule is COc1ccc(C(=O)Nc2ccc(F)cc2Br)cc1. The fourth-order valence-corrected chi connectivity index (χ4v) is 1.98. The van der Waals surface area contributed by atoms with Crippen LogP contribution < -0.4 is 10.1 Å². The summed E-state index contributed by atoms with van der Waals surface area (Å²) in [5.74, 6) is 0.0452. The number of benzene rings is 2. The predicted molar refractivity (Wildman–Crippen MR) is 75.0 cm³/mol. The third-order valence-electron chi connectivity index (χ3n) is 2.53. The van der Waals surface area contributed by atoms with Gasteiger partial charge in [-0.25, -0.2) is 4.39 Å². The standard InChI is InChI=1S/C14H11BrFNO2/c1-19-11-5-2-9(3-6-11)14(18)17-13-7-4-10(16)8-12(13)15/h2-8H,1H3,(H,17,18). The Balaban J connectivity index is 2.15. The largest absolute Gasteiger partial charge is 0.497 e. The first kappa shape index (κ1) is 13.5. The van der Waals surface area contributed by atoms with Gasteiger partial charge in [-0.3, -0.25) is 4.79 Å². The van der Waals surface area contributed by atoms with Gasteiger partial charge in [-0.1, -0.05) is 0 Å². The molecule has 1 N–H and O–H groups in total. The summed E-state index contributed by atoms with van der Waals surface area (Å²) in [6.07, 6.45) is 0. The number of halogens is 2. The Hall–Kier alpha value is -1.88. The zero-order valence-corrected chi connectivity index (χ0v) is 11.7. The zero-order chi connectivity index (χ0) is 13.8. The van der Waals surface area contributed by atoms with Crippen LogP contribution in [0.1, 0.15) is 10.4 Å². The molecule has 0 saturated heterocycles. The molecule has 3 nitrogen and oxygen atoms in total. The summed E-state index contributed by atoms with van der Waals surface area (Å²) in [7, 11) is 1.56. The van der Waals surface area contributed by atoms with E-state index in [1.807, 2.05) is 0 Å². The van der Waals surface area contributed by atoms with Crippen LogP contribution in [0.15, 0.2) is 46.9 Å². The lowest BCUT2D eigenvalue weighted by Gasteiger charge is -2.08. The first-order valence-electron chi connectivity index (χ1n) is 5.50. The van der Waals surface area contributed by atoms with Gasteiger partial charge in [0, 0.05) is 10.0 Å². The summed E-state index contributed by atoms with van der Waals surface area (Å²) < 4.78 is 18.4. The van der Waals surface area contributed by atoms with Crippen molar-refractivity contribution in [2.24, 2.45) is 0 Å². The third-order valence-corrected chi connectivity index (χ3v) is 3.19. The van der Waals surface area contributed by atoms with Gasteiger partial charge in [-0.05, 0) is 58.4 Å². The average Bonchev–Trinajstić information content (AvgIpc) is 2.42. The van der Waals surface area contributed by atoms with E-state index in [9.17, 15) is 9.18 Å². The van der Waals surface area contributed by atoms with Gasteiger partial charge in [-0.2, -0.15) is 0 Å². The molecule has 0 aliphatic heterocycles. The van der Waals surface area contributed by atoms with Crippen molar-refractivity contribution in [3.8, 4) is 5.75 Å². The maximum absolute atomic E-state index is 12.9. The molecule has 98 valence electrons. The number of hydrogen-bond donors (Lipinski definition) is 1. The van der Waals surface area contributed by atoms with E-state index in [0.717, 1.165) is 0 Å². The van der Waals surface area contributed by atoms with Crippen LogP contribution >= 0.6 is 15.9 Å². The molecule has 0 fully saturated rings. The van der Waals surface area contributed by atoms with Crippen LogP contribution in [-0.4, -0.2) is 13.0 Å². The van der Waals surface area contributed by atoms with E-state index < -0.39 is 0 Å². The Morgan fingerprint density at radius 2 is 1.89 bits per heavy atom. The van der Waals surface area contributed by atoms with E-state index in [1.165, 1.54) is 18.2 Å². The van der Waals surface area contributed by atoms with E-state index in [4.69, 9.17) is 4.74 Å². The molecule has 2 aromatic rings. The number of nitrogens with one attached hydrogen (secondary N) is 1. The highest BCUT2D eigenvalue weighted by Gasteiger charge is 2.08. The topological polar surface area (TPSA) is 38.3 Å². The molecule has 0 unspecified atom stereocenters. The van der Waals surface area contributed by atoms with Crippen LogP contribution in [0.2, 0.25) is 0 Å². The first-order chi connectivity index (χ1) is 9.10. The van der Waals surface area contributed by atoms with Crippen molar-refractivity contribution in [3.05, 3.63) is 58.3 Å². The minimum Gasteiger partial charge on any atom is -0.497 e. The monoisotopic (exact) mass is 323 g/mol. The molecule has 2 aromatic carbocycles. The Morgan fingerprint density at radius 1 is 1.21 bits per heavy atom. The van der Waals surface area contributed by atoms with E-state index in [1.54, 1.807) is 31.4 Å². The third kappa shape index (κ3) is 3.32. The number of ether oxygens (including phenoxy) is 1. The Labute approximate surface area is 118 Å². The van der Waals surface area contributed by atoms with Gasteiger partial charge in [0.15, 0.2) is 0 Å². The molecule has 0 radical (unpaired) electrons. The van der Waals surface area contributed by atoms with Crippen molar-refractivity contribution in [3.63, 3.8) is 0 Å². The summed E-state index contributed by atoms with van der Waals surface area (Å²) in [4.78, 5) is 12.0. The van der Waals surface area contributed by atoms with Gasteiger partial charge >= 0.3 is 0 Å². The van der Waals surface area contributed by atoms with Crippen molar-refractivity contribution in [1.29, 1.82) is 0 Å². The minimum absolute atomic E-state index is 0.269. The number of methoxy groups -OCH3 is 1. The Morgan fingerprint density at radius 3 is 2.47 bits per heavy atom. The molecule has 0 aliphatic rings. The molecule has 0 bridgehead atoms.